The van der Waals surface area contributed by atoms with Crippen LogP contribution in [-0.2, 0) is 16.0 Å². The molecule has 1 amide bonds. The van der Waals surface area contributed by atoms with Crippen molar-refractivity contribution in [2.75, 3.05) is 40.2 Å². The molecule has 0 radical (unpaired) electrons. The molecular weight excluding hydrogens is 530 g/mol. The van der Waals surface area contributed by atoms with Crippen molar-refractivity contribution in [2.45, 2.75) is 24.5 Å². The van der Waals surface area contributed by atoms with Gasteiger partial charge in [-0.1, -0.05) is 12.1 Å². The zero-order chi connectivity index (χ0) is 30.1. The van der Waals surface area contributed by atoms with Crippen LogP contribution in [0.2, 0.25) is 0 Å². The van der Waals surface area contributed by atoms with Crippen LogP contribution in [0.4, 0.5) is 5.69 Å². The predicted molar refractivity (Wildman–Crippen MR) is 150 cm³/mol. The first-order chi connectivity index (χ1) is 19.2. The number of carbonyl (C=O) groups excluding carboxylic acids is 3. The van der Waals surface area contributed by atoms with Crippen LogP contribution < -0.4 is 15.4 Å². The molecule has 0 unspecified atom stereocenters. The van der Waals surface area contributed by atoms with E-state index in [0.717, 1.165) is 0 Å². The minimum atomic E-state index is -2.69. The third-order valence-corrected chi connectivity index (χ3v) is 8.56. The Morgan fingerprint density at radius 1 is 1.10 bits per heavy atom. The van der Waals surface area contributed by atoms with E-state index in [-0.39, 0.29) is 29.7 Å². The zero-order valence-electron chi connectivity index (χ0n) is 23.4. The third-order valence-electron chi connectivity index (χ3n) is 8.56. The number of hydrogen-bond acceptors (Lipinski definition) is 10. The molecule has 3 aliphatic carbocycles. The lowest BCUT2D eigenvalue weighted by atomic mass is 9.58. The van der Waals surface area contributed by atoms with Gasteiger partial charge in [0.05, 0.1) is 18.7 Å². The highest BCUT2D eigenvalue weighted by molar-refractivity contribution is 6.25. The minimum absolute atomic E-state index is 0.0248. The zero-order valence-corrected chi connectivity index (χ0v) is 23.4. The second-order valence-electron chi connectivity index (χ2n) is 11.2. The number of anilines is 1. The molecule has 0 aliphatic heterocycles. The van der Waals surface area contributed by atoms with Gasteiger partial charge in [0, 0.05) is 36.8 Å². The van der Waals surface area contributed by atoms with Gasteiger partial charge in [0.15, 0.2) is 11.4 Å². The summed E-state index contributed by atoms with van der Waals surface area (Å²) in [4.78, 5) is 43.2. The van der Waals surface area contributed by atoms with Crippen LogP contribution >= 0.6 is 0 Å². The predicted octanol–water partition coefficient (Wildman–Crippen LogP) is 1.86. The van der Waals surface area contributed by atoms with E-state index in [1.165, 1.54) is 12.0 Å². The monoisotopic (exact) mass is 563 g/mol. The summed E-state index contributed by atoms with van der Waals surface area (Å²) < 4.78 is 5.33. The number of methoxy groups -OCH3 is 1. The van der Waals surface area contributed by atoms with E-state index in [4.69, 9.17) is 10.5 Å². The van der Waals surface area contributed by atoms with Crippen LogP contribution in [0.15, 0.2) is 53.0 Å². The maximum atomic E-state index is 14.2. The van der Waals surface area contributed by atoms with Gasteiger partial charge in [-0.15, -0.1) is 0 Å². The van der Waals surface area contributed by atoms with Crippen molar-refractivity contribution in [3.63, 3.8) is 0 Å². The number of carbonyl (C=O) groups is 3. The number of allylic oxidation sites excluding steroid dienone is 1. The van der Waals surface area contributed by atoms with E-state index < -0.39 is 58.0 Å². The number of likely N-dealkylation sites (N-methyl/N-ethyl adjacent to an activating group) is 1. The molecule has 6 N–H and O–H groups in total. The number of rotatable bonds is 5. The number of phenolic OH excluding ortho intramolecular Hbond substituents is 1. The molecule has 11 nitrogen and oxygen atoms in total. The van der Waals surface area contributed by atoms with Crippen LogP contribution in [-0.4, -0.2) is 89.7 Å². The molecule has 2 aromatic carbocycles. The molecule has 41 heavy (non-hydrogen) atoms. The molecule has 3 aliphatic rings. The Kier molecular flexibility index (Phi) is 6.62. The number of Topliss-reactive ketones (excluding diaryl/α,β-unsaturated/α-hetero) is 2. The lowest BCUT2D eigenvalue weighted by molar-refractivity contribution is -0.148. The maximum Gasteiger partial charge on any atom is 0.255 e. The third kappa shape index (κ3) is 3.91. The number of hydrogen-bond donors (Lipinski definition) is 5. The van der Waals surface area contributed by atoms with Gasteiger partial charge in [0.25, 0.3) is 5.91 Å². The van der Waals surface area contributed by atoms with Gasteiger partial charge < -0.3 is 35.8 Å². The summed E-state index contributed by atoms with van der Waals surface area (Å²) >= 11 is 0. The molecular formula is C30H33N3O8. The highest BCUT2D eigenvalue weighted by Gasteiger charge is 2.63. The fraction of sp³-hybridized carbons (Fsp3) is 0.367. The van der Waals surface area contributed by atoms with Crippen molar-refractivity contribution in [2.24, 2.45) is 17.6 Å². The van der Waals surface area contributed by atoms with Crippen molar-refractivity contribution in [3.05, 3.63) is 64.1 Å². The first-order valence-corrected chi connectivity index (χ1v) is 13.1. The summed E-state index contributed by atoms with van der Waals surface area (Å²) in [6.07, 6.45) is 0.227. The number of aliphatic hydroxyl groups is 3. The van der Waals surface area contributed by atoms with Crippen LogP contribution in [0.5, 0.6) is 11.5 Å². The molecule has 5 rings (SSSR count). The average Bonchev–Trinajstić information content (AvgIpc) is 2.90. The minimum Gasteiger partial charge on any atom is -0.510 e. The summed E-state index contributed by atoms with van der Waals surface area (Å²) in [5.74, 6) is -6.26. The van der Waals surface area contributed by atoms with E-state index in [9.17, 15) is 34.8 Å². The summed E-state index contributed by atoms with van der Waals surface area (Å²) in [7, 11) is 8.32. The standard InChI is InChI=1S/C30H33N3O8/c1-32(2)19-12-16(13-7-6-8-15(9-13)41-5)24(34)21-17(19)10-14-11-18-23(33(3)4)26(36)22(29(31)39)28(38)30(18,40)27(37)20(14)25(21)35/h6-9,12,14,18,23,34,36-37,40H,10-11H2,1-5H3,(H2,31,39)/t14-,18-,23-,30-/m0/s1. The molecule has 4 atom stereocenters. The number of nitrogens with zero attached hydrogens (tertiary/aromatic N) is 2. The molecule has 0 saturated heterocycles. The molecule has 0 aromatic heterocycles. The highest BCUT2D eigenvalue weighted by atomic mass is 16.5. The number of fused-ring (bicyclic) bond motifs is 3. The van der Waals surface area contributed by atoms with Gasteiger partial charge in [0.1, 0.15) is 28.6 Å². The fourth-order valence-electron chi connectivity index (χ4n) is 6.71. The van der Waals surface area contributed by atoms with Gasteiger partial charge in [-0.25, -0.2) is 0 Å². The molecule has 0 fully saturated rings. The SMILES string of the molecule is COc1cccc(-c2cc(N(C)C)c3c(c2O)C(=O)C2=C(O)[C@]4(O)C(=O)C(C(N)=O)=C(O)[C@@H](N(C)C)[C@@H]4C[C@@H]2C3)c1. The quantitative estimate of drug-likeness (QED) is 0.338. The number of benzene rings is 2. The number of phenols is 1. The van der Waals surface area contributed by atoms with Crippen molar-refractivity contribution < 1.29 is 39.5 Å². The Morgan fingerprint density at radius 2 is 1.78 bits per heavy atom. The van der Waals surface area contributed by atoms with Crippen LogP contribution in [0, 0.1) is 11.8 Å². The number of nitrogens with two attached hydrogens (primary N) is 1. The topological polar surface area (TPSA) is 174 Å². The Balaban J connectivity index is 1.75. The summed E-state index contributed by atoms with van der Waals surface area (Å²) in [6.45, 7) is 0. The van der Waals surface area contributed by atoms with Crippen molar-refractivity contribution in [3.8, 4) is 22.6 Å². The number of primary amides is 1. The summed E-state index contributed by atoms with van der Waals surface area (Å²) in [5.41, 5.74) is 3.80. The molecule has 0 heterocycles. The van der Waals surface area contributed by atoms with Gasteiger partial charge in [-0.3, -0.25) is 19.3 Å². The Labute approximate surface area is 236 Å². The fourth-order valence-corrected chi connectivity index (χ4v) is 6.71. The molecule has 0 spiro atoms. The Morgan fingerprint density at radius 3 is 2.37 bits per heavy atom. The summed E-state index contributed by atoms with van der Waals surface area (Å²) in [6, 6.07) is 7.71. The first-order valence-electron chi connectivity index (χ1n) is 13.1. The van der Waals surface area contributed by atoms with Crippen LogP contribution in [0.25, 0.3) is 11.1 Å². The molecule has 216 valence electrons. The van der Waals surface area contributed by atoms with E-state index in [1.807, 2.05) is 19.0 Å². The van der Waals surface area contributed by atoms with Gasteiger partial charge in [-0.2, -0.15) is 0 Å². The number of amides is 1. The second kappa shape index (κ2) is 9.64. The number of aromatic hydroxyl groups is 1. The molecule has 0 bridgehead atoms. The summed E-state index contributed by atoms with van der Waals surface area (Å²) in [5, 5.41) is 45.8. The van der Waals surface area contributed by atoms with Gasteiger partial charge in [0.2, 0.25) is 5.78 Å². The average molecular weight is 564 g/mol. The largest absolute Gasteiger partial charge is 0.510 e. The number of ether oxygens (including phenoxy) is 1. The molecule has 0 saturated carbocycles. The van der Waals surface area contributed by atoms with Crippen molar-refractivity contribution >= 4 is 23.2 Å². The first kappa shape index (κ1) is 28.2. The Hall–Kier alpha value is -4.35. The van der Waals surface area contributed by atoms with Crippen molar-refractivity contribution in [1.29, 1.82) is 0 Å². The van der Waals surface area contributed by atoms with Crippen LogP contribution in [0.1, 0.15) is 22.3 Å². The maximum absolute atomic E-state index is 14.2. The van der Waals surface area contributed by atoms with E-state index >= 15 is 0 Å². The highest BCUT2D eigenvalue weighted by Crippen LogP contribution is 2.54. The van der Waals surface area contributed by atoms with E-state index in [2.05, 4.69) is 0 Å². The molecule has 11 heteroatoms. The van der Waals surface area contributed by atoms with Crippen LogP contribution in [0.3, 0.4) is 0 Å². The Bertz CT molecular complexity index is 1570. The molecule has 2 aromatic rings. The number of ketones is 2. The van der Waals surface area contributed by atoms with Crippen molar-refractivity contribution in [1.82, 2.24) is 4.90 Å². The van der Waals surface area contributed by atoms with E-state index in [1.54, 1.807) is 44.4 Å². The van der Waals surface area contributed by atoms with E-state index in [0.29, 0.717) is 28.1 Å². The smallest absolute Gasteiger partial charge is 0.255 e. The number of aliphatic hydroxyl groups excluding tert-OH is 2. The lowest BCUT2D eigenvalue weighted by Crippen LogP contribution is -2.63. The lowest BCUT2D eigenvalue weighted by Gasteiger charge is -2.50. The second-order valence-corrected chi connectivity index (χ2v) is 11.2. The van der Waals surface area contributed by atoms with Gasteiger partial charge >= 0.3 is 0 Å². The van der Waals surface area contributed by atoms with Gasteiger partial charge in [-0.05, 0) is 62.2 Å². The normalized spacial score (nSPS) is 25.6.